The molecule has 0 aliphatic heterocycles. The fraction of sp³-hybridized carbons (Fsp3) is 0.333. The molecule has 2 aromatic carbocycles. The molecule has 3 aromatic rings. The molecule has 0 radical (unpaired) electrons. The number of rotatable bonds is 8. The number of hydrogen-bond donors (Lipinski definition) is 1. The first-order valence-corrected chi connectivity index (χ1v) is 10.4. The van der Waals surface area contributed by atoms with Crippen LogP contribution in [0, 0.1) is 5.41 Å². The minimum atomic E-state index is -0.496. The van der Waals surface area contributed by atoms with E-state index in [-0.39, 0.29) is 5.91 Å². The van der Waals surface area contributed by atoms with Gasteiger partial charge in [0.25, 0.3) is 0 Å². The summed E-state index contributed by atoms with van der Waals surface area (Å²) in [6.45, 7) is 4.20. The number of fused-ring (bicyclic) bond motifs is 1. The number of carbonyl (C=O) groups is 1. The van der Waals surface area contributed by atoms with Crippen molar-refractivity contribution in [2.45, 2.75) is 39.5 Å². The summed E-state index contributed by atoms with van der Waals surface area (Å²) in [6.07, 6.45) is 4.87. The number of ether oxygens (including phenoxy) is 1. The molecule has 0 bridgehead atoms. The van der Waals surface area contributed by atoms with E-state index in [0.717, 1.165) is 36.0 Å². The number of pyridine rings is 1. The predicted molar refractivity (Wildman–Crippen MR) is 120 cm³/mol. The minimum Gasteiger partial charge on any atom is -0.497 e. The second kappa shape index (κ2) is 9.27. The Bertz CT molecular complexity index is 988. The van der Waals surface area contributed by atoms with Gasteiger partial charge in [0.05, 0.1) is 28.8 Å². The molecular weight excluding hydrogens is 384 g/mol. The Hall–Kier alpha value is -2.59. The second-order valence-corrected chi connectivity index (χ2v) is 7.76. The molecule has 1 heterocycles. The van der Waals surface area contributed by atoms with Crippen molar-refractivity contribution in [1.29, 1.82) is 0 Å². The van der Waals surface area contributed by atoms with Gasteiger partial charge in [-0.25, -0.2) is 0 Å². The van der Waals surface area contributed by atoms with E-state index in [4.69, 9.17) is 16.3 Å². The van der Waals surface area contributed by atoms with E-state index in [1.165, 1.54) is 0 Å². The van der Waals surface area contributed by atoms with Crippen LogP contribution in [0.3, 0.4) is 0 Å². The SMILES string of the molecule is CCCC(CC)(Cc1ccc(OC)cc1)C(=O)Nc1ccc(Cl)c2cccnc12. The van der Waals surface area contributed by atoms with Crippen molar-refractivity contribution >= 4 is 34.1 Å². The fourth-order valence-electron chi connectivity index (χ4n) is 3.85. The lowest BCUT2D eigenvalue weighted by molar-refractivity contribution is -0.126. The third-order valence-electron chi connectivity index (χ3n) is 5.55. The first-order chi connectivity index (χ1) is 14.0. The molecule has 4 nitrogen and oxygen atoms in total. The first kappa shape index (κ1) is 21.1. The highest BCUT2D eigenvalue weighted by Crippen LogP contribution is 2.36. The van der Waals surface area contributed by atoms with E-state index in [0.29, 0.717) is 22.6 Å². The minimum absolute atomic E-state index is 0.0203. The lowest BCUT2D eigenvalue weighted by atomic mass is 9.74. The molecule has 29 heavy (non-hydrogen) atoms. The molecule has 0 spiro atoms. The molecule has 0 saturated carbocycles. The summed E-state index contributed by atoms with van der Waals surface area (Å²) >= 11 is 6.30. The van der Waals surface area contributed by atoms with Crippen molar-refractivity contribution in [3.63, 3.8) is 0 Å². The van der Waals surface area contributed by atoms with Gasteiger partial charge < -0.3 is 10.1 Å². The summed E-state index contributed by atoms with van der Waals surface area (Å²) in [7, 11) is 1.65. The molecule has 0 saturated heterocycles. The monoisotopic (exact) mass is 410 g/mol. The summed E-state index contributed by atoms with van der Waals surface area (Å²) in [5.41, 5.74) is 2.03. The van der Waals surface area contributed by atoms with Gasteiger partial charge in [-0.2, -0.15) is 0 Å². The number of aromatic nitrogens is 1. The number of halogens is 1. The molecule has 1 atom stereocenters. The lowest BCUT2D eigenvalue weighted by Gasteiger charge is -2.31. The van der Waals surface area contributed by atoms with Crippen LogP contribution in [0.1, 0.15) is 38.7 Å². The van der Waals surface area contributed by atoms with Crippen LogP contribution in [0.15, 0.2) is 54.7 Å². The maximum Gasteiger partial charge on any atom is 0.230 e. The third kappa shape index (κ3) is 4.54. The molecule has 0 aliphatic carbocycles. The van der Waals surface area contributed by atoms with E-state index in [1.807, 2.05) is 42.5 Å². The Labute approximate surface area is 177 Å². The molecule has 5 heteroatoms. The number of nitrogens with one attached hydrogen (secondary N) is 1. The number of hydrogen-bond acceptors (Lipinski definition) is 3. The molecule has 1 unspecified atom stereocenters. The Balaban J connectivity index is 1.92. The van der Waals surface area contributed by atoms with Gasteiger partial charge in [0.15, 0.2) is 0 Å². The van der Waals surface area contributed by atoms with Crippen LogP contribution in [-0.2, 0) is 11.2 Å². The average molecular weight is 411 g/mol. The largest absolute Gasteiger partial charge is 0.497 e. The highest BCUT2D eigenvalue weighted by molar-refractivity contribution is 6.36. The van der Waals surface area contributed by atoms with Crippen LogP contribution in [0.4, 0.5) is 5.69 Å². The first-order valence-electron chi connectivity index (χ1n) is 10.0. The Kier molecular flexibility index (Phi) is 6.75. The van der Waals surface area contributed by atoms with E-state index >= 15 is 0 Å². The van der Waals surface area contributed by atoms with Crippen LogP contribution in [0.5, 0.6) is 5.75 Å². The summed E-state index contributed by atoms with van der Waals surface area (Å²) in [4.78, 5) is 18.0. The molecule has 1 amide bonds. The zero-order valence-corrected chi connectivity index (χ0v) is 17.9. The summed E-state index contributed by atoms with van der Waals surface area (Å²) in [5, 5.41) is 4.60. The maximum absolute atomic E-state index is 13.5. The molecule has 1 N–H and O–H groups in total. The standard InChI is InChI=1S/C24H27ClN2O2/c1-4-14-24(5-2,16-17-8-10-18(29-3)11-9-17)23(28)27-21-13-12-20(25)19-7-6-15-26-22(19)21/h6-13,15H,4-5,14,16H2,1-3H3,(H,27,28). The van der Waals surface area contributed by atoms with E-state index in [1.54, 1.807) is 19.4 Å². The van der Waals surface area contributed by atoms with Crippen molar-refractivity contribution < 1.29 is 9.53 Å². The number of carbonyl (C=O) groups excluding carboxylic acids is 1. The molecule has 152 valence electrons. The Morgan fingerprint density at radius 2 is 1.90 bits per heavy atom. The highest BCUT2D eigenvalue weighted by atomic mass is 35.5. The second-order valence-electron chi connectivity index (χ2n) is 7.36. The normalized spacial score (nSPS) is 13.1. The molecular formula is C24H27ClN2O2. The van der Waals surface area contributed by atoms with Gasteiger partial charge in [-0.1, -0.05) is 44.0 Å². The topological polar surface area (TPSA) is 51.2 Å². The maximum atomic E-state index is 13.5. The van der Waals surface area contributed by atoms with Gasteiger partial charge in [0.2, 0.25) is 5.91 Å². The molecule has 3 rings (SSSR count). The summed E-state index contributed by atoms with van der Waals surface area (Å²) in [6, 6.07) is 15.3. The molecule has 0 aliphatic rings. The van der Waals surface area contributed by atoms with Crippen LogP contribution >= 0.6 is 11.6 Å². The van der Waals surface area contributed by atoms with Crippen molar-refractivity contribution in [3.05, 3.63) is 65.3 Å². The number of methoxy groups -OCH3 is 1. The van der Waals surface area contributed by atoms with Crippen molar-refractivity contribution in [2.75, 3.05) is 12.4 Å². The zero-order chi connectivity index (χ0) is 20.9. The number of nitrogens with zero attached hydrogens (tertiary/aromatic N) is 1. The summed E-state index contributed by atoms with van der Waals surface area (Å²) in [5.74, 6) is 0.835. The van der Waals surface area contributed by atoms with Gasteiger partial charge in [-0.05, 0) is 61.2 Å². The fourth-order valence-corrected chi connectivity index (χ4v) is 4.07. The smallest absolute Gasteiger partial charge is 0.230 e. The summed E-state index contributed by atoms with van der Waals surface area (Å²) < 4.78 is 5.25. The average Bonchev–Trinajstić information content (AvgIpc) is 2.76. The predicted octanol–water partition coefficient (Wildman–Crippen LogP) is 6.27. The van der Waals surface area contributed by atoms with Crippen LogP contribution < -0.4 is 10.1 Å². The van der Waals surface area contributed by atoms with Crippen molar-refractivity contribution in [1.82, 2.24) is 4.98 Å². The van der Waals surface area contributed by atoms with Crippen molar-refractivity contribution in [3.8, 4) is 5.75 Å². The number of amides is 1. The Morgan fingerprint density at radius 1 is 1.14 bits per heavy atom. The van der Waals surface area contributed by atoms with Gasteiger partial charge in [0, 0.05) is 11.6 Å². The van der Waals surface area contributed by atoms with Crippen LogP contribution in [-0.4, -0.2) is 18.0 Å². The van der Waals surface area contributed by atoms with Gasteiger partial charge in [0.1, 0.15) is 5.75 Å². The quantitative estimate of drug-likeness (QED) is 0.475. The molecule has 1 aromatic heterocycles. The third-order valence-corrected chi connectivity index (χ3v) is 5.88. The molecule has 0 fully saturated rings. The van der Waals surface area contributed by atoms with Crippen LogP contribution in [0.25, 0.3) is 10.9 Å². The van der Waals surface area contributed by atoms with Gasteiger partial charge in [-0.15, -0.1) is 0 Å². The van der Waals surface area contributed by atoms with E-state index < -0.39 is 5.41 Å². The van der Waals surface area contributed by atoms with Gasteiger partial charge >= 0.3 is 0 Å². The lowest BCUT2D eigenvalue weighted by Crippen LogP contribution is -2.38. The zero-order valence-electron chi connectivity index (χ0n) is 17.2. The number of benzene rings is 2. The van der Waals surface area contributed by atoms with E-state index in [9.17, 15) is 4.79 Å². The number of anilines is 1. The Morgan fingerprint density at radius 3 is 2.55 bits per heavy atom. The van der Waals surface area contributed by atoms with Crippen LogP contribution in [0.2, 0.25) is 5.02 Å². The van der Waals surface area contributed by atoms with Gasteiger partial charge in [-0.3, -0.25) is 9.78 Å². The van der Waals surface area contributed by atoms with E-state index in [2.05, 4.69) is 24.1 Å². The highest BCUT2D eigenvalue weighted by Gasteiger charge is 2.36. The van der Waals surface area contributed by atoms with Crippen molar-refractivity contribution in [2.24, 2.45) is 5.41 Å².